The van der Waals surface area contributed by atoms with Crippen molar-refractivity contribution in [1.82, 2.24) is 0 Å². The van der Waals surface area contributed by atoms with Gasteiger partial charge in [0.1, 0.15) is 17.5 Å². The summed E-state index contributed by atoms with van der Waals surface area (Å²) in [6, 6.07) is 10.6. The Labute approximate surface area is 239 Å². The van der Waals surface area contributed by atoms with E-state index in [0.29, 0.717) is 11.1 Å². The Morgan fingerprint density at radius 2 is 1.61 bits per heavy atom. The molecular weight excluding hydrogens is 520 g/mol. The van der Waals surface area contributed by atoms with Crippen LogP contribution in [-0.2, 0) is 25.6 Å². The van der Waals surface area contributed by atoms with Crippen LogP contribution >= 0.6 is 0 Å². The van der Waals surface area contributed by atoms with Crippen LogP contribution in [0.1, 0.15) is 73.7 Å². The minimum atomic E-state index is -2.71. The third kappa shape index (κ3) is 3.88. The fourth-order valence-electron chi connectivity index (χ4n) is 8.03. The maximum absolute atomic E-state index is 14.3. The van der Waals surface area contributed by atoms with Gasteiger partial charge in [0, 0.05) is 22.5 Å². The second kappa shape index (κ2) is 9.32. The molecule has 0 saturated heterocycles. The summed E-state index contributed by atoms with van der Waals surface area (Å²) in [5.74, 6) is -2.86. The zero-order valence-electron chi connectivity index (χ0n) is 24.1. The molecule has 0 aromatic heterocycles. The van der Waals surface area contributed by atoms with Gasteiger partial charge in [-0.05, 0) is 67.9 Å². The van der Waals surface area contributed by atoms with Crippen molar-refractivity contribution in [2.24, 2.45) is 34.5 Å². The van der Waals surface area contributed by atoms with Gasteiger partial charge in [0.15, 0.2) is 28.7 Å². The van der Waals surface area contributed by atoms with Crippen LogP contribution in [0.2, 0.25) is 0 Å². The molecule has 212 valence electrons. The van der Waals surface area contributed by atoms with Gasteiger partial charge >= 0.3 is 0 Å². The van der Waals surface area contributed by atoms with Crippen LogP contribution in [0.4, 0.5) is 0 Å². The number of benzene rings is 2. The topological polar surface area (TPSA) is 126 Å². The van der Waals surface area contributed by atoms with Crippen LogP contribution in [0.5, 0.6) is 5.75 Å². The molecule has 2 N–H and O–H groups in total. The molecule has 0 amide bonds. The summed E-state index contributed by atoms with van der Waals surface area (Å²) in [6.45, 7) is 9.91. The fraction of sp³-hybridized carbons (Fsp3) is 0.441. The van der Waals surface area contributed by atoms with E-state index in [2.05, 4.69) is 11.8 Å². The third-order valence-corrected chi connectivity index (χ3v) is 9.66. The number of carbonyl (C=O) groups excluding carboxylic acids is 5. The van der Waals surface area contributed by atoms with Crippen LogP contribution in [0.25, 0.3) is 0 Å². The summed E-state index contributed by atoms with van der Waals surface area (Å²) in [6.07, 6.45) is 0.162. The highest BCUT2D eigenvalue weighted by atomic mass is 16.3. The number of aromatic hydroxyl groups is 1. The Kier molecular flexibility index (Phi) is 6.51. The molecule has 2 aromatic carbocycles. The molecule has 3 aliphatic carbocycles. The number of Topliss-reactive ketones (excluding diaryl/α,β-unsaturated/α-hetero) is 5. The van der Waals surface area contributed by atoms with Crippen molar-refractivity contribution in [2.45, 2.75) is 60.0 Å². The van der Waals surface area contributed by atoms with Crippen molar-refractivity contribution in [2.75, 3.05) is 0 Å². The van der Waals surface area contributed by atoms with E-state index < -0.39 is 69.0 Å². The zero-order chi connectivity index (χ0) is 30.2. The SMILES string of the molecule is CC(=O)C1C(=O)C(C(C)C)[C@@]2(C)C[C@@]3(C)Cc4c(C#Cc5ccc(C)cc5)ccc(O)c4C(=O)C3C(=O)[C@@]2(O)C1=O. The van der Waals surface area contributed by atoms with Gasteiger partial charge in [0.25, 0.3) is 0 Å². The average molecular weight is 555 g/mol. The van der Waals surface area contributed by atoms with Gasteiger partial charge in [-0.25, -0.2) is 0 Å². The van der Waals surface area contributed by atoms with Crippen molar-refractivity contribution in [1.29, 1.82) is 0 Å². The van der Waals surface area contributed by atoms with Gasteiger partial charge in [0.05, 0.1) is 11.5 Å². The summed E-state index contributed by atoms with van der Waals surface area (Å²) >= 11 is 0. The van der Waals surface area contributed by atoms with Gasteiger partial charge in [-0.15, -0.1) is 0 Å². The molecule has 0 aliphatic heterocycles. The van der Waals surface area contributed by atoms with Crippen molar-refractivity contribution >= 4 is 28.9 Å². The highest BCUT2D eigenvalue weighted by Crippen LogP contribution is 2.63. The van der Waals surface area contributed by atoms with Gasteiger partial charge in [-0.2, -0.15) is 0 Å². The first kappa shape index (κ1) is 28.6. The van der Waals surface area contributed by atoms with E-state index in [4.69, 9.17) is 0 Å². The molecule has 3 aliphatic rings. The second-order valence-corrected chi connectivity index (χ2v) is 12.9. The number of phenols is 1. The highest BCUT2D eigenvalue weighted by Gasteiger charge is 2.76. The summed E-state index contributed by atoms with van der Waals surface area (Å²) in [5.41, 5.74) is -2.52. The largest absolute Gasteiger partial charge is 0.507 e. The molecule has 7 nitrogen and oxygen atoms in total. The molecule has 2 fully saturated rings. The van der Waals surface area contributed by atoms with Crippen LogP contribution in [-0.4, -0.2) is 44.7 Å². The first-order valence-corrected chi connectivity index (χ1v) is 13.9. The Morgan fingerprint density at radius 3 is 2.20 bits per heavy atom. The lowest BCUT2D eigenvalue weighted by molar-refractivity contribution is -0.205. The number of fused-ring (bicyclic) bond motifs is 3. The molecule has 3 unspecified atom stereocenters. The minimum Gasteiger partial charge on any atom is -0.507 e. The van der Waals surface area contributed by atoms with E-state index in [1.165, 1.54) is 6.07 Å². The molecule has 0 heterocycles. The third-order valence-electron chi connectivity index (χ3n) is 9.66. The van der Waals surface area contributed by atoms with Gasteiger partial charge in [-0.1, -0.05) is 57.2 Å². The van der Waals surface area contributed by atoms with Crippen molar-refractivity contribution in [3.63, 3.8) is 0 Å². The molecular formula is C34H34O7. The summed E-state index contributed by atoms with van der Waals surface area (Å²) in [5, 5.41) is 22.9. The molecule has 2 aromatic rings. The Bertz CT molecular complexity index is 1600. The monoisotopic (exact) mass is 554 g/mol. The van der Waals surface area contributed by atoms with Gasteiger partial charge in [0.2, 0.25) is 0 Å². The molecule has 6 atom stereocenters. The van der Waals surface area contributed by atoms with Crippen LogP contribution < -0.4 is 0 Å². The number of carbonyl (C=O) groups is 5. The fourth-order valence-corrected chi connectivity index (χ4v) is 8.03. The normalized spacial score (nSPS) is 32.5. The van der Waals surface area contributed by atoms with E-state index in [1.807, 2.05) is 31.2 Å². The quantitative estimate of drug-likeness (QED) is 0.427. The number of aryl methyl sites for hydroxylation is 1. The van der Waals surface area contributed by atoms with Gasteiger partial charge < -0.3 is 10.2 Å². The summed E-state index contributed by atoms with van der Waals surface area (Å²) in [7, 11) is 0. The zero-order valence-corrected chi connectivity index (χ0v) is 24.1. The lowest BCUT2D eigenvalue weighted by Crippen LogP contribution is -2.76. The van der Waals surface area contributed by atoms with Crippen LogP contribution in [0.15, 0.2) is 36.4 Å². The molecule has 2 saturated carbocycles. The van der Waals surface area contributed by atoms with Crippen LogP contribution in [0, 0.1) is 53.3 Å². The van der Waals surface area contributed by atoms with E-state index >= 15 is 0 Å². The Hall–Kier alpha value is -3.89. The standard InChI is InChI=1S/C34H34O7/c1-17(2)26-28(37)24(19(4)35)30(39)34(41)31(40)27-29(38)25-22(15-32(27,5)16-33(26,34)6)21(13-14-23(25)36)12-11-20-9-7-18(3)8-10-20/h7-10,13-14,17,24,26-27,36,41H,15-16H2,1-6H3/t24?,26?,27?,32-,33-,34+/m1/s1. The second-order valence-electron chi connectivity index (χ2n) is 12.9. The smallest absolute Gasteiger partial charge is 0.190 e. The molecule has 0 bridgehead atoms. The number of hydrogen-bond donors (Lipinski definition) is 2. The molecule has 0 radical (unpaired) electrons. The number of hydrogen-bond acceptors (Lipinski definition) is 7. The van der Waals surface area contributed by atoms with Crippen molar-refractivity contribution in [3.8, 4) is 17.6 Å². The highest BCUT2D eigenvalue weighted by molar-refractivity contribution is 6.32. The maximum Gasteiger partial charge on any atom is 0.190 e. The first-order valence-electron chi connectivity index (χ1n) is 13.9. The Morgan fingerprint density at radius 1 is 0.976 bits per heavy atom. The summed E-state index contributed by atoms with van der Waals surface area (Å²) < 4.78 is 0. The predicted octanol–water partition coefficient (Wildman–Crippen LogP) is 3.80. The number of phenolic OH excluding ortho intramolecular Hbond substituents is 1. The van der Waals surface area contributed by atoms with Crippen molar-refractivity contribution < 1.29 is 34.2 Å². The molecule has 7 heteroatoms. The number of rotatable bonds is 2. The molecule has 41 heavy (non-hydrogen) atoms. The van der Waals surface area contributed by atoms with Crippen LogP contribution in [0.3, 0.4) is 0 Å². The lowest BCUT2D eigenvalue weighted by Gasteiger charge is -2.61. The molecule has 5 rings (SSSR count). The maximum atomic E-state index is 14.3. The minimum absolute atomic E-state index is 0.00350. The van der Waals surface area contributed by atoms with E-state index in [-0.39, 0.29) is 24.2 Å². The average Bonchev–Trinajstić information content (AvgIpc) is 2.86. The van der Waals surface area contributed by atoms with E-state index in [9.17, 15) is 34.2 Å². The van der Waals surface area contributed by atoms with Crippen molar-refractivity contribution in [3.05, 3.63) is 64.2 Å². The number of ketones is 5. The first-order chi connectivity index (χ1) is 19.1. The number of aliphatic hydroxyl groups is 1. The Balaban J connectivity index is 1.69. The van der Waals surface area contributed by atoms with E-state index in [0.717, 1.165) is 18.1 Å². The predicted molar refractivity (Wildman–Crippen MR) is 150 cm³/mol. The lowest BCUT2D eigenvalue weighted by atomic mass is 9.40. The van der Waals surface area contributed by atoms with Gasteiger partial charge in [-0.3, -0.25) is 24.0 Å². The molecule has 0 spiro atoms. The van der Waals surface area contributed by atoms with E-state index in [1.54, 1.807) is 33.8 Å². The summed E-state index contributed by atoms with van der Waals surface area (Å²) in [4.78, 5) is 68.2.